The van der Waals surface area contributed by atoms with Crippen molar-refractivity contribution in [1.29, 1.82) is 0 Å². The summed E-state index contributed by atoms with van der Waals surface area (Å²) in [6.45, 7) is 3.82. The van der Waals surface area contributed by atoms with E-state index >= 15 is 0 Å². The minimum absolute atomic E-state index is 0.0362. The van der Waals surface area contributed by atoms with Gasteiger partial charge in [-0.1, -0.05) is 0 Å². The van der Waals surface area contributed by atoms with Crippen molar-refractivity contribution in [1.82, 2.24) is 0 Å². The lowest BCUT2D eigenvalue weighted by molar-refractivity contribution is -0.192. The van der Waals surface area contributed by atoms with Gasteiger partial charge in [0.25, 0.3) is 0 Å². The molecule has 0 bridgehead atoms. The Morgan fingerprint density at radius 2 is 2.42 bits per heavy atom. The van der Waals surface area contributed by atoms with E-state index in [2.05, 4.69) is 0 Å². The molecule has 4 nitrogen and oxygen atoms in total. The van der Waals surface area contributed by atoms with Gasteiger partial charge in [0.05, 0.1) is 19.3 Å². The van der Waals surface area contributed by atoms with Crippen molar-refractivity contribution in [2.45, 2.75) is 31.3 Å². The van der Waals surface area contributed by atoms with Crippen LogP contribution in [0.4, 0.5) is 0 Å². The van der Waals surface area contributed by atoms with E-state index in [0.29, 0.717) is 13.2 Å². The van der Waals surface area contributed by atoms with Crippen LogP contribution in [-0.4, -0.2) is 37.8 Å². The molecule has 12 heavy (non-hydrogen) atoms. The standard InChI is InChI=1S/C8H15NO3/c1-6-8(2-3-10-6)11-5-7(4-9)12-8/h6-7H,2-5,9H2,1H3. The van der Waals surface area contributed by atoms with Crippen LogP contribution in [0.5, 0.6) is 0 Å². The highest BCUT2D eigenvalue weighted by Crippen LogP contribution is 2.36. The van der Waals surface area contributed by atoms with Gasteiger partial charge >= 0.3 is 0 Å². The molecule has 2 aliphatic heterocycles. The normalized spacial score (nSPS) is 47.5. The van der Waals surface area contributed by atoms with E-state index in [4.69, 9.17) is 19.9 Å². The van der Waals surface area contributed by atoms with Gasteiger partial charge in [0.1, 0.15) is 6.10 Å². The fourth-order valence-corrected chi connectivity index (χ4v) is 1.75. The van der Waals surface area contributed by atoms with Gasteiger partial charge in [-0.2, -0.15) is 0 Å². The summed E-state index contributed by atoms with van der Waals surface area (Å²) in [4.78, 5) is 0. The van der Waals surface area contributed by atoms with Gasteiger partial charge in [0, 0.05) is 13.0 Å². The quantitative estimate of drug-likeness (QED) is 0.600. The molecule has 3 atom stereocenters. The van der Waals surface area contributed by atoms with Gasteiger partial charge in [0.2, 0.25) is 0 Å². The van der Waals surface area contributed by atoms with Gasteiger partial charge in [0.15, 0.2) is 5.79 Å². The van der Waals surface area contributed by atoms with Gasteiger partial charge in [-0.05, 0) is 6.92 Å². The van der Waals surface area contributed by atoms with E-state index in [0.717, 1.165) is 13.0 Å². The van der Waals surface area contributed by atoms with E-state index in [-0.39, 0.29) is 12.2 Å². The van der Waals surface area contributed by atoms with Crippen LogP contribution in [0.3, 0.4) is 0 Å². The van der Waals surface area contributed by atoms with Crippen molar-refractivity contribution >= 4 is 0 Å². The molecule has 2 aliphatic rings. The van der Waals surface area contributed by atoms with Gasteiger partial charge in [-0.15, -0.1) is 0 Å². The molecule has 2 saturated heterocycles. The molecule has 4 heteroatoms. The molecular formula is C8H15NO3. The Balaban J connectivity index is 2.04. The van der Waals surface area contributed by atoms with Crippen LogP contribution in [0.25, 0.3) is 0 Å². The van der Waals surface area contributed by atoms with E-state index in [1.807, 2.05) is 6.92 Å². The predicted molar refractivity (Wildman–Crippen MR) is 42.6 cm³/mol. The van der Waals surface area contributed by atoms with Crippen molar-refractivity contribution in [2.75, 3.05) is 19.8 Å². The topological polar surface area (TPSA) is 53.7 Å². The highest BCUT2D eigenvalue weighted by molar-refractivity contribution is 4.88. The fraction of sp³-hybridized carbons (Fsp3) is 1.00. The maximum Gasteiger partial charge on any atom is 0.197 e. The van der Waals surface area contributed by atoms with Crippen LogP contribution in [0.15, 0.2) is 0 Å². The third kappa shape index (κ3) is 1.15. The Bertz CT molecular complexity index is 176. The second-order valence-corrected chi connectivity index (χ2v) is 3.36. The zero-order valence-electron chi connectivity index (χ0n) is 7.29. The van der Waals surface area contributed by atoms with E-state index in [1.54, 1.807) is 0 Å². The largest absolute Gasteiger partial charge is 0.373 e. The molecule has 0 saturated carbocycles. The number of nitrogens with two attached hydrogens (primary N) is 1. The van der Waals surface area contributed by atoms with E-state index in [1.165, 1.54) is 0 Å². The Morgan fingerprint density at radius 1 is 1.58 bits per heavy atom. The smallest absolute Gasteiger partial charge is 0.197 e. The third-order valence-corrected chi connectivity index (χ3v) is 2.58. The molecule has 0 aliphatic carbocycles. The first kappa shape index (κ1) is 8.44. The Kier molecular flexibility index (Phi) is 2.08. The maximum absolute atomic E-state index is 5.70. The van der Waals surface area contributed by atoms with Gasteiger partial charge in [-0.25, -0.2) is 0 Å². The number of rotatable bonds is 1. The lowest BCUT2D eigenvalue weighted by Gasteiger charge is -2.25. The average molecular weight is 173 g/mol. The maximum atomic E-state index is 5.70. The minimum atomic E-state index is -0.482. The van der Waals surface area contributed by atoms with Crippen LogP contribution in [0.2, 0.25) is 0 Å². The Hall–Kier alpha value is -0.160. The van der Waals surface area contributed by atoms with Crippen molar-refractivity contribution in [3.63, 3.8) is 0 Å². The SMILES string of the molecule is CC1OCCC12OCC(CN)O2. The summed E-state index contributed by atoms with van der Waals surface area (Å²) in [6.07, 6.45) is 0.910. The molecule has 1 spiro atoms. The molecular weight excluding hydrogens is 158 g/mol. The molecule has 2 fully saturated rings. The molecule has 3 unspecified atom stereocenters. The van der Waals surface area contributed by atoms with E-state index in [9.17, 15) is 0 Å². The summed E-state index contributed by atoms with van der Waals surface area (Å²) in [7, 11) is 0. The van der Waals surface area contributed by atoms with Crippen LogP contribution in [0.1, 0.15) is 13.3 Å². The number of hydrogen-bond acceptors (Lipinski definition) is 4. The molecule has 2 N–H and O–H groups in total. The second-order valence-electron chi connectivity index (χ2n) is 3.36. The fourth-order valence-electron chi connectivity index (χ4n) is 1.75. The lowest BCUT2D eigenvalue weighted by atomic mass is 10.1. The predicted octanol–water partition coefficient (Wildman–Crippen LogP) is -0.134. The van der Waals surface area contributed by atoms with Crippen molar-refractivity contribution in [3.8, 4) is 0 Å². The number of ether oxygens (including phenoxy) is 3. The van der Waals surface area contributed by atoms with E-state index < -0.39 is 5.79 Å². The highest BCUT2D eigenvalue weighted by Gasteiger charge is 2.49. The summed E-state index contributed by atoms with van der Waals surface area (Å²) < 4.78 is 16.7. The average Bonchev–Trinajstić information content (AvgIpc) is 2.63. The molecule has 70 valence electrons. The monoisotopic (exact) mass is 173 g/mol. The first-order valence-electron chi connectivity index (χ1n) is 4.40. The molecule has 0 aromatic heterocycles. The highest BCUT2D eigenvalue weighted by atomic mass is 16.8. The number of hydrogen-bond donors (Lipinski definition) is 1. The summed E-state index contributed by atoms with van der Waals surface area (Å²) >= 11 is 0. The molecule has 0 aromatic carbocycles. The first-order chi connectivity index (χ1) is 5.77. The third-order valence-electron chi connectivity index (χ3n) is 2.58. The Morgan fingerprint density at radius 3 is 2.92 bits per heavy atom. The Labute approximate surface area is 72.0 Å². The molecule has 0 radical (unpaired) electrons. The van der Waals surface area contributed by atoms with Crippen LogP contribution in [-0.2, 0) is 14.2 Å². The lowest BCUT2D eigenvalue weighted by Crippen LogP contribution is -2.38. The molecule has 0 amide bonds. The van der Waals surface area contributed by atoms with Gasteiger partial charge < -0.3 is 19.9 Å². The van der Waals surface area contributed by atoms with Crippen molar-refractivity contribution in [2.24, 2.45) is 5.73 Å². The first-order valence-corrected chi connectivity index (χ1v) is 4.40. The summed E-state index contributed by atoms with van der Waals surface area (Å²) in [6, 6.07) is 0. The zero-order valence-corrected chi connectivity index (χ0v) is 7.29. The van der Waals surface area contributed by atoms with Gasteiger partial charge in [-0.3, -0.25) is 0 Å². The minimum Gasteiger partial charge on any atom is -0.373 e. The van der Waals surface area contributed by atoms with Crippen molar-refractivity contribution < 1.29 is 14.2 Å². The van der Waals surface area contributed by atoms with Crippen LogP contribution in [0, 0.1) is 0 Å². The molecule has 0 aromatic rings. The van der Waals surface area contributed by atoms with Crippen LogP contribution >= 0.6 is 0 Å². The van der Waals surface area contributed by atoms with Crippen molar-refractivity contribution in [3.05, 3.63) is 0 Å². The van der Waals surface area contributed by atoms with Crippen LogP contribution < -0.4 is 5.73 Å². The second kappa shape index (κ2) is 2.96. The zero-order chi connectivity index (χ0) is 8.60. The summed E-state index contributed by atoms with van der Waals surface area (Å²) in [5.74, 6) is -0.482. The summed E-state index contributed by atoms with van der Waals surface area (Å²) in [5.41, 5.74) is 5.48. The molecule has 2 rings (SSSR count). The summed E-state index contributed by atoms with van der Waals surface area (Å²) in [5, 5.41) is 0. The molecule has 2 heterocycles.